The average Bonchev–Trinajstić information content (AvgIpc) is 2.79. The molecule has 0 aromatic heterocycles. The van der Waals surface area contributed by atoms with Crippen molar-refractivity contribution in [1.82, 2.24) is 4.90 Å². The molecule has 1 N–H and O–H groups in total. The molecular weight excluding hydrogens is 168 g/mol. The molecule has 0 atom stereocenters. The first-order valence-electron chi connectivity index (χ1n) is 4.08. The van der Waals surface area contributed by atoms with Gasteiger partial charge in [0.25, 0.3) is 0 Å². The van der Waals surface area contributed by atoms with Crippen LogP contribution in [0, 0.1) is 16.7 Å². The number of carboxylic acid groups (broad SMARTS) is 1. The highest BCUT2D eigenvalue weighted by Gasteiger charge is 2.36. The molecule has 0 aromatic rings. The molecule has 0 bridgehead atoms. The maximum atomic E-state index is 10.5. The van der Waals surface area contributed by atoms with Crippen LogP contribution in [0.15, 0.2) is 11.8 Å². The SMILES string of the molecule is CN(C(=O)O)/C(C#N)=C/C1(C)CC1. The Morgan fingerprint density at radius 1 is 1.69 bits per heavy atom. The Morgan fingerprint density at radius 3 is 2.54 bits per heavy atom. The minimum atomic E-state index is -1.10. The number of nitrogens with zero attached hydrogens (tertiary/aromatic N) is 2. The van der Waals surface area contributed by atoms with Crippen molar-refractivity contribution < 1.29 is 9.90 Å². The van der Waals surface area contributed by atoms with E-state index in [0.717, 1.165) is 17.7 Å². The summed E-state index contributed by atoms with van der Waals surface area (Å²) in [5.74, 6) is 0. The lowest BCUT2D eigenvalue weighted by Gasteiger charge is -2.12. The van der Waals surface area contributed by atoms with Gasteiger partial charge in [-0.05, 0) is 24.3 Å². The van der Waals surface area contributed by atoms with E-state index in [-0.39, 0.29) is 11.1 Å². The fourth-order valence-corrected chi connectivity index (χ4v) is 0.979. The van der Waals surface area contributed by atoms with Crippen molar-refractivity contribution in [3.8, 4) is 6.07 Å². The van der Waals surface area contributed by atoms with Crippen LogP contribution in [0.5, 0.6) is 0 Å². The predicted octanol–water partition coefficient (Wildman–Crippen LogP) is 1.80. The maximum absolute atomic E-state index is 10.5. The molecule has 0 saturated heterocycles. The van der Waals surface area contributed by atoms with Crippen LogP contribution >= 0.6 is 0 Å². The van der Waals surface area contributed by atoms with Crippen molar-refractivity contribution in [2.75, 3.05) is 7.05 Å². The van der Waals surface area contributed by atoms with Gasteiger partial charge in [-0.3, -0.25) is 4.90 Å². The molecule has 0 radical (unpaired) electrons. The molecule has 0 unspecified atom stereocenters. The first kappa shape index (κ1) is 9.59. The van der Waals surface area contributed by atoms with Crippen molar-refractivity contribution in [3.63, 3.8) is 0 Å². The monoisotopic (exact) mass is 180 g/mol. The van der Waals surface area contributed by atoms with Gasteiger partial charge in [0.05, 0.1) is 0 Å². The third-order valence-corrected chi connectivity index (χ3v) is 2.29. The van der Waals surface area contributed by atoms with Crippen LogP contribution in [0.3, 0.4) is 0 Å². The summed E-state index contributed by atoms with van der Waals surface area (Å²) in [6.07, 6.45) is 2.70. The molecule has 0 aromatic carbocycles. The Morgan fingerprint density at radius 2 is 2.23 bits per heavy atom. The van der Waals surface area contributed by atoms with E-state index in [2.05, 4.69) is 0 Å². The molecule has 1 rings (SSSR count). The number of hydrogen-bond acceptors (Lipinski definition) is 2. The Kier molecular flexibility index (Phi) is 2.28. The first-order valence-corrected chi connectivity index (χ1v) is 4.08. The van der Waals surface area contributed by atoms with Gasteiger partial charge in [0.2, 0.25) is 0 Å². The molecule has 1 saturated carbocycles. The largest absolute Gasteiger partial charge is 0.465 e. The number of allylic oxidation sites excluding steroid dienone is 2. The van der Waals surface area contributed by atoms with Gasteiger partial charge in [0.15, 0.2) is 0 Å². The highest BCUT2D eigenvalue weighted by Crippen LogP contribution is 2.47. The highest BCUT2D eigenvalue weighted by atomic mass is 16.4. The number of carbonyl (C=O) groups is 1. The van der Waals surface area contributed by atoms with Gasteiger partial charge in [-0.25, -0.2) is 4.79 Å². The zero-order chi connectivity index (χ0) is 10.1. The summed E-state index contributed by atoms with van der Waals surface area (Å²) in [6.45, 7) is 2.01. The molecule has 4 nitrogen and oxygen atoms in total. The Bertz CT molecular complexity index is 297. The second-order valence-electron chi connectivity index (χ2n) is 3.64. The maximum Gasteiger partial charge on any atom is 0.412 e. The minimum Gasteiger partial charge on any atom is -0.465 e. The molecule has 1 aliphatic rings. The Hall–Kier alpha value is -1.50. The zero-order valence-electron chi connectivity index (χ0n) is 7.74. The fraction of sp³-hybridized carbons (Fsp3) is 0.556. The van der Waals surface area contributed by atoms with Crippen molar-refractivity contribution in [2.45, 2.75) is 19.8 Å². The van der Waals surface area contributed by atoms with Gasteiger partial charge >= 0.3 is 6.09 Å². The van der Waals surface area contributed by atoms with E-state index in [1.54, 1.807) is 6.08 Å². The zero-order valence-corrected chi connectivity index (χ0v) is 7.74. The quantitative estimate of drug-likeness (QED) is 0.659. The Labute approximate surface area is 77.1 Å². The van der Waals surface area contributed by atoms with Gasteiger partial charge in [0.1, 0.15) is 11.8 Å². The van der Waals surface area contributed by atoms with Crippen LogP contribution in [-0.4, -0.2) is 23.1 Å². The summed E-state index contributed by atoms with van der Waals surface area (Å²) in [7, 11) is 1.38. The molecule has 1 aliphatic carbocycles. The van der Waals surface area contributed by atoms with E-state index in [1.807, 2.05) is 13.0 Å². The van der Waals surface area contributed by atoms with Crippen LogP contribution < -0.4 is 0 Å². The lowest BCUT2D eigenvalue weighted by molar-refractivity contribution is 0.168. The van der Waals surface area contributed by atoms with E-state index in [9.17, 15) is 4.79 Å². The van der Waals surface area contributed by atoms with Gasteiger partial charge in [-0.15, -0.1) is 0 Å². The normalized spacial score (nSPS) is 19.0. The smallest absolute Gasteiger partial charge is 0.412 e. The minimum absolute atomic E-state index is 0.0504. The molecule has 0 spiro atoms. The van der Waals surface area contributed by atoms with Crippen LogP contribution in [0.1, 0.15) is 19.8 Å². The number of hydrogen-bond donors (Lipinski definition) is 1. The molecule has 1 fully saturated rings. The lowest BCUT2D eigenvalue weighted by atomic mass is 10.1. The first-order chi connectivity index (χ1) is 5.98. The molecule has 1 amide bonds. The number of amides is 1. The van der Waals surface area contributed by atoms with E-state index in [4.69, 9.17) is 10.4 Å². The van der Waals surface area contributed by atoms with Crippen LogP contribution in [0.2, 0.25) is 0 Å². The van der Waals surface area contributed by atoms with Crippen molar-refractivity contribution in [1.29, 1.82) is 5.26 Å². The molecule has 4 heteroatoms. The topological polar surface area (TPSA) is 64.3 Å². The van der Waals surface area contributed by atoms with Gasteiger partial charge in [-0.2, -0.15) is 5.26 Å². The second-order valence-corrected chi connectivity index (χ2v) is 3.64. The summed E-state index contributed by atoms with van der Waals surface area (Å²) in [4.78, 5) is 11.5. The number of rotatable bonds is 2. The van der Waals surface area contributed by atoms with Crippen LogP contribution in [0.4, 0.5) is 4.79 Å². The second kappa shape index (κ2) is 3.09. The fourth-order valence-electron chi connectivity index (χ4n) is 0.979. The van der Waals surface area contributed by atoms with Gasteiger partial charge in [-0.1, -0.05) is 6.92 Å². The standard InChI is InChI=1S/C9H12N2O2/c1-9(3-4-9)5-7(6-10)11(2)8(12)13/h5H,3-4H2,1-2H3,(H,12,13)/b7-5+. The summed E-state index contributed by atoms with van der Waals surface area (Å²) >= 11 is 0. The lowest BCUT2D eigenvalue weighted by Crippen LogP contribution is -2.23. The van der Waals surface area contributed by atoms with Crippen molar-refractivity contribution in [3.05, 3.63) is 11.8 Å². The molecule has 0 aliphatic heterocycles. The summed E-state index contributed by atoms with van der Waals surface area (Å²) in [5, 5.41) is 17.3. The van der Waals surface area contributed by atoms with E-state index < -0.39 is 6.09 Å². The molecule has 0 heterocycles. The van der Waals surface area contributed by atoms with Gasteiger partial charge < -0.3 is 5.11 Å². The third kappa shape index (κ3) is 2.22. The summed E-state index contributed by atoms with van der Waals surface area (Å²) < 4.78 is 0. The van der Waals surface area contributed by atoms with Crippen LogP contribution in [-0.2, 0) is 0 Å². The predicted molar refractivity (Wildman–Crippen MR) is 46.8 cm³/mol. The average molecular weight is 180 g/mol. The van der Waals surface area contributed by atoms with E-state index >= 15 is 0 Å². The van der Waals surface area contributed by atoms with E-state index in [0.29, 0.717) is 0 Å². The van der Waals surface area contributed by atoms with E-state index in [1.165, 1.54) is 7.05 Å². The molecular formula is C9H12N2O2. The highest BCUT2D eigenvalue weighted by molar-refractivity contribution is 5.68. The Balaban J connectivity index is 2.79. The number of nitriles is 1. The third-order valence-electron chi connectivity index (χ3n) is 2.29. The molecule has 70 valence electrons. The summed E-state index contributed by atoms with van der Waals surface area (Å²) in [6, 6.07) is 1.89. The van der Waals surface area contributed by atoms with Gasteiger partial charge in [0, 0.05) is 7.05 Å². The van der Waals surface area contributed by atoms with Crippen LogP contribution in [0.25, 0.3) is 0 Å². The van der Waals surface area contributed by atoms with Crippen molar-refractivity contribution >= 4 is 6.09 Å². The summed E-state index contributed by atoms with van der Waals surface area (Å²) in [5.41, 5.74) is 0.266. The van der Waals surface area contributed by atoms with Crippen molar-refractivity contribution in [2.24, 2.45) is 5.41 Å². The molecule has 13 heavy (non-hydrogen) atoms.